The van der Waals surface area contributed by atoms with E-state index in [4.69, 9.17) is 23.3 Å². The molecule has 3 heterocycles. The number of ether oxygens (including phenoxy) is 3. The molecule has 3 aromatic heterocycles. The highest BCUT2D eigenvalue weighted by Gasteiger charge is 2.16. The van der Waals surface area contributed by atoms with Crippen LogP contribution >= 0.6 is 11.3 Å². The van der Waals surface area contributed by atoms with Crippen molar-refractivity contribution < 1.29 is 23.3 Å². The highest BCUT2D eigenvalue weighted by molar-refractivity contribution is 7.09. The molecule has 1 atom stereocenters. The molecule has 8 nitrogen and oxygen atoms in total. The number of rotatable bonds is 29. The van der Waals surface area contributed by atoms with E-state index >= 15 is 0 Å². The van der Waals surface area contributed by atoms with Gasteiger partial charge in [-0.15, -0.1) is 11.3 Å². The van der Waals surface area contributed by atoms with Crippen molar-refractivity contribution >= 4 is 11.3 Å². The maximum absolute atomic E-state index is 5.99. The first-order valence-corrected chi connectivity index (χ1v) is 18.3. The summed E-state index contributed by atoms with van der Waals surface area (Å²) in [7, 11) is 0. The van der Waals surface area contributed by atoms with Crippen molar-refractivity contribution in [1.82, 2.24) is 15.3 Å². The molecule has 1 unspecified atom stereocenters. The molecule has 0 radical (unpaired) electrons. The molecule has 3 rings (SSSR count). The third-order valence-corrected chi connectivity index (χ3v) is 8.68. The maximum atomic E-state index is 5.99. The topological polar surface area (TPSA) is 92.6 Å². The van der Waals surface area contributed by atoms with Crippen molar-refractivity contribution in [3.63, 3.8) is 0 Å². The lowest BCUT2D eigenvalue weighted by Gasteiger charge is -2.17. The average Bonchev–Trinajstić information content (AvgIpc) is 3.80. The molecule has 44 heavy (non-hydrogen) atoms. The minimum Gasteiger partial charge on any atom is -0.471 e. The van der Waals surface area contributed by atoms with Gasteiger partial charge < -0.3 is 23.3 Å². The summed E-state index contributed by atoms with van der Waals surface area (Å²) in [6.45, 7) is 5.50. The van der Waals surface area contributed by atoms with Gasteiger partial charge in [0.2, 0.25) is 0 Å². The predicted octanol–water partition coefficient (Wildman–Crippen LogP) is 10.1. The molecule has 0 spiro atoms. The monoisotopic (exact) mass is 631 g/mol. The van der Waals surface area contributed by atoms with Crippen molar-refractivity contribution in [1.29, 1.82) is 0 Å². The SMILES string of the molecule is CCCCCCCCCCCCCCCc1cc(OCC(COCCCCCCCc2nccs2)Oc2cc(C)on2)no1. The van der Waals surface area contributed by atoms with Crippen molar-refractivity contribution in [2.75, 3.05) is 19.8 Å². The van der Waals surface area contributed by atoms with Gasteiger partial charge in [-0.25, -0.2) is 4.98 Å². The summed E-state index contributed by atoms with van der Waals surface area (Å²) < 4.78 is 28.5. The summed E-state index contributed by atoms with van der Waals surface area (Å²) in [5.74, 6) is 2.49. The second-order valence-corrected chi connectivity index (χ2v) is 12.9. The van der Waals surface area contributed by atoms with Crippen LogP contribution in [-0.2, 0) is 17.6 Å². The Kier molecular flexibility index (Phi) is 19.6. The van der Waals surface area contributed by atoms with Crippen LogP contribution in [0.1, 0.15) is 139 Å². The van der Waals surface area contributed by atoms with Gasteiger partial charge in [0.25, 0.3) is 11.8 Å². The lowest BCUT2D eigenvalue weighted by atomic mass is 10.0. The molecule has 3 aromatic rings. The zero-order chi connectivity index (χ0) is 30.9. The summed E-state index contributed by atoms with van der Waals surface area (Å²) in [6.07, 6.45) is 26.9. The van der Waals surface area contributed by atoms with Crippen LogP contribution in [0, 0.1) is 6.92 Å². The number of aromatic nitrogens is 3. The Hall–Kier alpha value is -2.39. The first kappa shape index (κ1) is 36.1. The predicted molar refractivity (Wildman–Crippen MR) is 177 cm³/mol. The maximum Gasteiger partial charge on any atom is 0.254 e. The Bertz CT molecular complexity index is 1050. The molecule has 0 aromatic carbocycles. The van der Waals surface area contributed by atoms with Gasteiger partial charge in [-0.05, 0) is 42.9 Å². The Labute approximate surface area is 269 Å². The normalized spacial score (nSPS) is 12.1. The Balaban J connectivity index is 1.22. The quantitative estimate of drug-likeness (QED) is 0.0699. The van der Waals surface area contributed by atoms with Crippen molar-refractivity contribution in [2.24, 2.45) is 0 Å². The summed E-state index contributed by atoms with van der Waals surface area (Å²) in [5.41, 5.74) is 0. The van der Waals surface area contributed by atoms with E-state index in [0.29, 0.717) is 30.7 Å². The third kappa shape index (κ3) is 17.2. The molecule has 0 aliphatic rings. The van der Waals surface area contributed by atoms with Crippen LogP contribution in [0.5, 0.6) is 11.8 Å². The largest absolute Gasteiger partial charge is 0.471 e. The van der Waals surface area contributed by atoms with Crippen LogP contribution in [0.2, 0.25) is 0 Å². The van der Waals surface area contributed by atoms with Crippen LogP contribution in [-0.4, -0.2) is 41.2 Å². The number of unbranched alkanes of at least 4 members (excludes halogenated alkanes) is 16. The molecule has 0 fully saturated rings. The number of aryl methyl sites for hydroxylation is 3. The molecule has 0 bridgehead atoms. The molecule has 0 amide bonds. The van der Waals surface area contributed by atoms with Crippen molar-refractivity contribution in [3.05, 3.63) is 40.2 Å². The van der Waals surface area contributed by atoms with E-state index < -0.39 is 0 Å². The van der Waals surface area contributed by atoms with Gasteiger partial charge >= 0.3 is 0 Å². The van der Waals surface area contributed by atoms with E-state index in [1.807, 2.05) is 24.6 Å². The minimum atomic E-state index is -0.334. The van der Waals surface area contributed by atoms with E-state index in [0.717, 1.165) is 37.9 Å². The van der Waals surface area contributed by atoms with Gasteiger partial charge in [-0.2, -0.15) is 0 Å². The number of thiazole rings is 1. The number of hydrogen-bond donors (Lipinski definition) is 0. The van der Waals surface area contributed by atoms with Crippen LogP contribution < -0.4 is 9.47 Å². The van der Waals surface area contributed by atoms with Crippen molar-refractivity contribution in [2.45, 2.75) is 148 Å². The summed E-state index contributed by atoms with van der Waals surface area (Å²) in [5, 5.41) is 11.3. The van der Waals surface area contributed by atoms with Crippen LogP contribution in [0.4, 0.5) is 0 Å². The zero-order valence-corrected chi connectivity index (χ0v) is 28.3. The first-order chi connectivity index (χ1) is 21.7. The molecule has 0 saturated carbocycles. The van der Waals surface area contributed by atoms with Gasteiger partial charge in [-0.3, -0.25) is 0 Å². The fourth-order valence-corrected chi connectivity index (χ4v) is 5.93. The second-order valence-electron chi connectivity index (χ2n) is 12.0. The Morgan fingerprint density at radius 1 is 0.705 bits per heavy atom. The molecule has 0 saturated heterocycles. The van der Waals surface area contributed by atoms with Crippen molar-refractivity contribution in [3.8, 4) is 11.8 Å². The minimum absolute atomic E-state index is 0.285. The lowest BCUT2D eigenvalue weighted by Crippen LogP contribution is -2.30. The molecule has 0 aliphatic carbocycles. The van der Waals surface area contributed by atoms with Gasteiger partial charge in [0.1, 0.15) is 18.1 Å². The number of nitrogens with zero attached hydrogens (tertiary/aromatic N) is 3. The lowest BCUT2D eigenvalue weighted by molar-refractivity contribution is 0.0193. The highest BCUT2D eigenvalue weighted by Crippen LogP contribution is 2.18. The van der Waals surface area contributed by atoms with E-state index in [9.17, 15) is 0 Å². The molecule has 0 N–H and O–H groups in total. The van der Waals surface area contributed by atoms with E-state index in [1.165, 1.54) is 101 Å². The van der Waals surface area contributed by atoms with E-state index in [2.05, 4.69) is 22.2 Å². The second kappa shape index (κ2) is 23.9. The highest BCUT2D eigenvalue weighted by atomic mass is 32.1. The zero-order valence-electron chi connectivity index (χ0n) is 27.4. The molecule has 9 heteroatoms. The third-order valence-electron chi connectivity index (χ3n) is 7.84. The van der Waals surface area contributed by atoms with Gasteiger partial charge in [0.05, 0.1) is 11.6 Å². The smallest absolute Gasteiger partial charge is 0.254 e. The van der Waals surface area contributed by atoms with Gasteiger partial charge in [0.15, 0.2) is 6.10 Å². The van der Waals surface area contributed by atoms with E-state index in [1.54, 1.807) is 17.4 Å². The van der Waals surface area contributed by atoms with Gasteiger partial charge in [-0.1, -0.05) is 103 Å². The fourth-order valence-electron chi connectivity index (χ4n) is 5.26. The van der Waals surface area contributed by atoms with Gasteiger partial charge in [0, 0.05) is 36.7 Å². The standard InChI is InChI=1S/C35H57N3O5S/c1-3-4-5-6-7-8-9-10-11-12-13-15-18-21-31-27-33(37-43-31)40-29-32(41-34-26-30(2)42-38-34)28-39-24-20-17-14-16-19-22-35-36-23-25-44-35/h23,25-27,32H,3-22,24,28-29H2,1-2H3. The van der Waals surface area contributed by atoms with Crippen LogP contribution in [0.3, 0.4) is 0 Å². The fraction of sp³-hybridized carbons (Fsp3) is 0.743. The summed E-state index contributed by atoms with van der Waals surface area (Å²) in [6, 6.07) is 3.66. The van der Waals surface area contributed by atoms with Crippen LogP contribution in [0.15, 0.2) is 32.8 Å². The number of hydrogen-bond acceptors (Lipinski definition) is 9. The Morgan fingerprint density at radius 2 is 1.34 bits per heavy atom. The molecular formula is C35H57N3O5S. The Morgan fingerprint density at radius 3 is 1.98 bits per heavy atom. The summed E-state index contributed by atoms with van der Waals surface area (Å²) in [4.78, 5) is 4.35. The van der Waals surface area contributed by atoms with Crippen LogP contribution in [0.25, 0.3) is 0 Å². The average molecular weight is 632 g/mol. The molecular weight excluding hydrogens is 574 g/mol. The first-order valence-electron chi connectivity index (χ1n) is 17.4. The molecule has 248 valence electrons. The van der Waals surface area contributed by atoms with E-state index in [-0.39, 0.29) is 12.7 Å². The summed E-state index contributed by atoms with van der Waals surface area (Å²) >= 11 is 1.74. The molecule has 0 aliphatic heterocycles.